The molecule has 0 aliphatic rings. The van der Waals surface area contributed by atoms with Crippen molar-refractivity contribution in [2.45, 2.75) is 12.7 Å². The third kappa shape index (κ3) is 3.51. The first-order chi connectivity index (χ1) is 9.77. The van der Waals surface area contributed by atoms with Crippen molar-refractivity contribution in [3.63, 3.8) is 0 Å². The topological polar surface area (TPSA) is 91.2 Å². The van der Waals surface area contributed by atoms with Crippen LogP contribution in [0.15, 0.2) is 36.7 Å². The van der Waals surface area contributed by atoms with E-state index >= 15 is 0 Å². The van der Waals surface area contributed by atoms with E-state index in [1.807, 2.05) is 0 Å². The first-order valence-electron chi connectivity index (χ1n) is 5.79. The second-order valence-corrected chi connectivity index (χ2v) is 4.30. The Bertz CT molecular complexity index is 652. The molecule has 1 aromatic carbocycles. The van der Waals surface area contributed by atoms with Crippen LogP contribution in [-0.2, 0) is 12.7 Å². The summed E-state index contributed by atoms with van der Waals surface area (Å²) in [5, 5.41) is 21.6. The maximum absolute atomic E-state index is 12.6. The van der Waals surface area contributed by atoms with E-state index in [4.69, 9.17) is 11.1 Å². The van der Waals surface area contributed by atoms with Crippen molar-refractivity contribution < 1.29 is 18.4 Å². The molecular formula is C12H12F3N5O. The van der Waals surface area contributed by atoms with Crippen LogP contribution in [0.2, 0.25) is 0 Å². The fraction of sp³-hybridized carbons (Fsp3) is 0.167. The van der Waals surface area contributed by atoms with Crippen LogP contribution in [-0.4, -0.2) is 26.0 Å². The predicted molar refractivity (Wildman–Crippen MR) is 68.5 cm³/mol. The molecule has 112 valence electrons. The third-order valence-electron chi connectivity index (χ3n) is 2.65. The molecule has 0 aliphatic heterocycles. The number of halogens is 3. The summed E-state index contributed by atoms with van der Waals surface area (Å²) in [4.78, 5) is 0. The maximum atomic E-state index is 12.6. The smallest absolute Gasteiger partial charge is 0.396 e. The first-order valence-corrected chi connectivity index (χ1v) is 5.79. The summed E-state index contributed by atoms with van der Waals surface area (Å²) in [5.41, 5.74) is 5.12. The highest BCUT2D eigenvalue weighted by molar-refractivity contribution is 5.77. The lowest BCUT2D eigenvalue weighted by molar-refractivity contribution is -0.137. The molecule has 4 N–H and O–H groups in total. The molecule has 0 aliphatic carbocycles. The van der Waals surface area contributed by atoms with Gasteiger partial charge in [0.15, 0.2) is 0 Å². The van der Waals surface area contributed by atoms with Gasteiger partial charge in [0.1, 0.15) is 0 Å². The van der Waals surface area contributed by atoms with Crippen molar-refractivity contribution in [1.29, 1.82) is 5.41 Å². The van der Waals surface area contributed by atoms with Gasteiger partial charge in [-0.25, -0.2) is 9.75 Å². The third-order valence-corrected chi connectivity index (χ3v) is 2.65. The van der Waals surface area contributed by atoms with Gasteiger partial charge in [0.25, 0.3) is 0 Å². The molecule has 0 saturated carbocycles. The highest BCUT2D eigenvalue weighted by Gasteiger charge is 2.30. The van der Waals surface area contributed by atoms with Gasteiger partial charge in [0.05, 0.1) is 30.2 Å². The van der Waals surface area contributed by atoms with Gasteiger partial charge in [-0.15, -0.1) is 0 Å². The highest BCUT2D eigenvalue weighted by atomic mass is 19.4. The number of hydrogen-bond acceptors (Lipinski definition) is 4. The Labute approximate surface area is 117 Å². The molecule has 0 atom stereocenters. The lowest BCUT2D eigenvalue weighted by atomic mass is 10.1. The number of aromatic nitrogens is 2. The van der Waals surface area contributed by atoms with Crippen molar-refractivity contribution in [1.82, 2.24) is 14.8 Å². The van der Waals surface area contributed by atoms with E-state index in [-0.39, 0.29) is 12.1 Å². The summed E-state index contributed by atoms with van der Waals surface area (Å²) in [6.07, 6.45) is -1.87. The van der Waals surface area contributed by atoms with Gasteiger partial charge in [0.2, 0.25) is 5.96 Å². The van der Waals surface area contributed by atoms with E-state index in [0.717, 1.165) is 16.8 Å². The van der Waals surface area contributed by atoms with Crippen LogP contribution in [0.4, 0.5) is 18.9 Å². The molecule has 9 heteroatoms. The molecule has 2 rings (SSSR count). The van der Waals surface area contributed by atoms with Crippen molar-refractivity contribution in [3.8, 4) is 0 Å². The molecule has 21 heavy (non-hydrogen) atoms. The number of nitrogen functional groups attached to an aromatic ring is 1. The van der Waals surface area contributed by atoms with E-state index in [2.05, 4.69) is 5.10 Å². The molecule has 2 aromatic rings. The zero-order valence-electron chi connectivity index (χ0n) is 10.7. The average Bonchev–Trinajstić information content (AvgIpc) is 2.84. The fourth-order valence-corrected chi connectivity index (χ4v) is 1.66. The lowest BCUT2D eigenvalue weighted by Gasteiger charge is -2.18. The number of hydroxylamine groups is 2. The number of alkyl halides is 3. The van der Waals surface area contributed by atoms with Crippen LogP contribution in [0.3, 0.4) is 0 Å². The van der Waals surface area contributed by atoms with Crippen LogP contribution in [0.25, 0.3) is 0 Å². The van der Waals surface area contributed by atoms with Crippen molar-refractivity contribution in [3.05, 3.63) is 47.8 Å². The Morgan fingerprint density at radius 2 is 2.14 bits per heavy atom. The Morgan fingerprint density at radius 1 is 1.43 bits per heavy atom. The minimum Gasteiger partial charge on any atom is -0.396 e. The van der Waals surface area contributed by atoms with Gasteiger partial charge in [-0.3, -0.25) is 10.6 Å². The normalized spacial score (nSPS) is 11.4. The quantitative estimate of drug-likeness (QED) is 0.450. The summed E-state index contributed by atoms with van der Waals surface area (Å²) in [5.74, 6) is -0.427. The molecule has 6 nitrogen and oxygen atoms in total. The van der Waals surface area contributed by atoms with E-state index in [0.29, 0.717) is 10.8 Å². The van der Waals surface area contributed by atoms with Crippen LogP contribution in [0, 0.1) is 5.41 Å². The molecular weight excluding hydrogens is 287 g/mol. The van der Waals surface area contributed by atoms with Crippen molar-refractivity contribution in [2.24, 2.45) is 0 Å². The van der Waals surface area contributed by atoms with Crippen LogP contribution < -0.4 is 5.73 Å². The molecule has 0 fully saturated rings. The zero-order valence-corrected chi connectivity index (χ0v) is 10.7. The number of nitrogens with zero attached hydrogens (tertiary/aromatic N) is 3. The predicted octanol–water partition coefficient (Wildman–Crippen LogP) is 2.16. The van der Waals surface area contributed by atoms with Gasteiger partial charge in [-0.2, -0.15) is 18.3 Å². The van der Waals surface area contributed by atoms with E-state index in [9.17, 15) is 18.4 Å². The molecule has 1 aromatic heterocycles. The van der Waals surface area contributed by atoms with Crippen LogP contribution >= 0.6 is 0 Å². The Morgan fingerprint density at radius 3 is 2.71 bits per heavy atom. The first kappa shape index (κ1) is 14.9. The molecule has 0 saturated heterocycles. The lowest BCUT2D eigenvalue weighted by Crippen LogP contribution is -2.32. The van der Waals surface area contributed by atoms with Gasteiger partial charge < -0.3 is 5.73 Å². The summed E-state index contributed by atoms with van der Waals surface area (Å²) in [6.45, 7) is -0.289. The van der Waals surface area contributed by atoms with Crippen molar-refractivity contribution in [2.75, 3.05) is 5.73 Å². The summed E-state index contributed by atoms with van der Waals surface area (Å²) in [7, 11) is 0. The minimum absolute atomic E-state index is 0.206. The van der Waals surface area contributed by atoms with Crippen LogP contribution in [0.1, 0.15) is 11.1 Å². The van der Waals surface area contributed by atoms with E-state index in [1.165, 1.54) is 24.5 Å². The molecule has 0 unspecified atom stereocenters. The van der Waals surface area contributed by atoms with Crippen LogP contribution in [0.5, 0.6) is 0 Å². The Kier molecular flexibility index (Phi) is 3.85. The second kappa shape index (κ2) is 5.44. The highest BCUT2D eigenvalue weighted by Crippen LogP contribution is 2.29. The average molecular weight is 299 g/mol. The summed E-state index contributed by atoms with van der Waals surface area (Å²) >= 11 is 0. The molecule has 0 spiro atoms. The zero-order chi connectivity index (χ0) is 15.6. The number of benzene rings is 1. The molecule has 1 heterocycles. The number of nitrogens with one attached hydrogen (secondary N) is 1. The van der Waals surface area contributed by atoms with Gasteiger partial charge >= 0.3 is 6.18 Å². The number of hydrogen-bond donors (Lipinski definition) is 3. The Hall–Kier alpha value is -2.55. The molecule has 0 radical (unpaired) electrons. The summed E-state index contributed by atoms with van der Waals surface area (Å²) < 4.78 is 38.8. The standard InChI is InChI=1S/C12H12F3N5O/c13-12(14,15)9-3-1-2-8(4-9)6-20(21)11(17)19-7-10(16)5-18-19/h1-5,7,17,21H,6,16H2. The summed E-state index contributed by atoms with van der Waals surface area (Å²) in [6, 6.07) is 4.50. The Balaban J connectivity index is 2.13. The molecule has 0 bridgehead atoms. The minimum atomic E-state index is -4.46. The van der Waals surface area contributed by atoms with Gasteiger partial charge in [-0.1, -0.05) is 12.1 Å². The number of rotatable bonds is 2. The number of nitrogens with two attached hydrogens (primary N) is 1. The van der Waals surface area contributed by atoms with E-state index in [1.54, 1.807) is 0 Å². The molecule has 0 amide bonds. The largest absolute Gasteiger partial charge is 0.416 e. The van der Waals surface area contributed by atoms with Gasteiger partial charge in [0, 0.05) is 0 Å². The maximum Gasteiger partial charge on any atom is 0.416 e. The number of anilines is 1. The second-order valence-electron chi connectivity index (χ2n) is 4.30. The monoisotopic (exact) mass is 299 g/mol. The van der Waals surface area contributed by atoms with Crippen molar-refractivity contribution >= 4 is 11.6 Å². The SMILES string of the molecule is N=C(N(O)Cc1cccc(C(F)(F)F)c1)n1cc(N)cn1. The fourth-order valence-electron chi connectivity index (χ4n) is 1.66. The van der Waals surface area contributed by atoms with E-state index < -0.39 is 17.7 Å². The van der Waals surface area contributed by atoms with Gasteiger partial charge in [-0.05, 0) is 17.7 Å².